The summed E-state index contributed by atoms with van der Waals surface area (Å²) >= 11 is 0. The van der Waals surface area contributed by atoms with E-state index in [1.54, 1.807) is 27.0 Å². The van der Waals surface area contributed by atoms with Gasteiger partial charge in [-0.2, -0.15) is 0 Å². The maximum atomic E-state index is 13.3. The molecule has 0 saturated carbocycles. The number of nitrogens with zero attached hydrogens (tertiary/aromatic N) is 1. The minimum atomic E-state index is -1.37. The third-order valence-corrected chi connectivity index (χ3v) is 6.03. The number of rotatable bonds is 8. The highest BCUT2D eigenvalue weighted by Gasteiger charge is 2.42. The summed E-state index contributed by atoms with van der Waals surface area (Å²) in [7, 11) is 0. The summed E-state index contributed by atoms with van der Waals surface area (Å²) in [6, 6.07) is 3.77. The average Bonchev–Trinajstić information content (AvgIpc) is 3.39. The molecule has 12 nitrogen and oxygen atoms in total. The molecule has 1 aliphatic rings. The number of nitrogens with two attached hydrogens (primary N) is 1. The second kappa shape index (κ2) is 11.2. The first-order valence-electron chi connectivity index (χ1n) is 12.1. The van der Waals surface area contributed by atoms with E-state index >= 15 is 0 Å². The Balaban J connectivity index is 1.86. The van der Waals surface area contributed by atoms with Crippen LogP contribution >= 0.6 is 0 Å². The Morgan fingerprint density at radius 3 is 2.51 bits per heavy atom. The Morgan fingerprint density at radius 2 is 1.89 bits per heavy atom. The minimum Gasteiger partial charge on any atom is -0.444 e. The summed E-state index contributed by atoms with van der Waals surface area (Å²) in [5.74, 6) is -2.35. The molecule has 0 bridgehead atoms. The highest BCUT2D eigenvalue weighted by atomic mass is 16.6. The molecule has 0 aliphatic carbocycles. The third kappa shape index (κ3) is 6.98. The first-order chi connectivity index (χ1) is 17.3. The van der Waals surface area contributed by atoms with E-state index in [-0.39, 0.29) is 19.4 Å². The highest BCUT2D eigenvalue weighted by Crippen LogP contribution is 2.23. The number of nitrogens with one attached hydrogen (secondary N) is 3. The number of carbonyl (C=O) groups excluding carboxylic acids is 4. The number of aliphatic hydroxyl groups is 2. The van der Waals surface area contributed by atoms with Gasteiger partial charge in [0, 0.05) is 29.9 Å². The first-order valence-corrected chi connectivity index (χ1v) is 12.1. The summed E-state index contributed by atoms with van der Waals surface area (Å²) < 4.78 is 5.37. The number of hydrogen-bond acceptors (Lipinski definition) is 7. The Morgan fingerprint density at radius 1 is 1.22 bits per heavy atom. The van der Waals surface area contributed by atoms with Gasteiger partial charge in [0.2, 0.25) is 17.7 Å². The van der Waals surface area contributed by atoms with Gasteiger partial charge in [-0.05, 0) is 39.3 Å². The molecule has 1 aromatic heterocycles. The standard InChI is InChI=1S/C25H35N5O7/c1-13(31)20(21(26)33)29-22(34)18(9-14-11-27-17-8-6-5-7-16(14)17)28-23(35)19-10-15(32)12-30(19)24(36)37-25(2,3)4/h5-8,11,13,15,18-20,27,31-32H,9-10,12H2,1-4H3,(H2,26,33)(H,28,35)(H,29,34)/t13-,15-,18+,19+,20+/m1/s1. The van der Waals surface area contributed by atoms with Crippen molar-refractivity contribution in [2.24, 2.45) is 5.73 Å². The lowest BCUT2D eigenvalue weighted by molar-refractivity contribution is -0.134. The van der Waals surface area contributed by atoms with Gasteiger partial charge in [0.05, 0.1) is 18.8 Å². The van der Waals surface area contributed by atoms with Crippen molar-refractivity contribution in [3.8, 4) is 0 Å². The molecule has 2 heterocycles. The van der Waals surface area contributed by atoms with Crippen LogP contribution in [0.3, 0.4) is 0 Å². The number of carbonyl (C=O) groups is 4. The van der Waals surface area contributed by atoms with E-state index < -0.39 is 59.7 Å². The molecule has 3 rings (SSSR count). The van der Waals surface area contributed by atoms with Crippen molar-refractivity contribution in [1.29, 1.82) is 0 Å². The second-order valence-corrected chi connectivity index (χ2v) is 10.3. The first kappa shape index (κ1) is 27.9. The molecule has 202 valence electrons. The van der Waals surface area contributed by atoms with Crippen LogP contribution in [0.15, 0.2) is 30.5 Å². The molecular formula is C25H35N5O7. The van der Waals surface area contributed by atoms with E-state index in [1.165, 1.54) is 6.92 Å². The Hall–Kier alpha value is -3.64. The van der Waals surface area contributed by atoms with E-state index in [9.17, 15) is 29.4 Å². The Bertz CT molecular complexity index is 1160. The number of fused-ring (bicyclic) bond motifs is 1. The lowest BCUT2D eigenvalue weighted by atomic mass is 10.0. The molecule has 37 heavy (non-hydrogen) atoms. The van der Waals surface area contributed by atoms with Crippen LogP contribution < -0.4 is 16.4 Å². The lowest BCUT2D eigenvalue weighted by Gasteiger charge is -2.29. The van der Waals surface area contributed by atoms with Gasteiger partial charge in [-0.25, -0.2) is 4.79 Å². The Labute approximate surface area is 214 Å². The van der Waals surface area contributed by atoms with Crippen molar-refractivity contribution < 1.29 is 34.1 Å². The van der Waals surface area contributed by atoms with Crippen molar-refractivity contribution in [2.75, 3.05) is 6.54 Å². The predicted octanol–water partition coefficient (Wildman–Crippen LogP) is -0.0836. The molecule has 0 radical (unpaired) electrons. The number of hydrogen-bond donors (Lipinski definition) is 6. The summed E-state index contributed by atoms with van der Waals surface area (Å²) in [4.78, 5) is 55.3. The quantitative estimate of drug-likeness (QED) is 0.282. The number of β-amino-alcohol motifs (C(OH)–C–C–N with tert-alkyl or cyclic N) is 1. The fourth-order valence-electron chi connectivity index (χ4n) is 4.27. The van der Waals surface area contributed by atoms with Gasteiger partial charge < -0.3 is 36.3 Å². The lowest BCUT2D eigenvalue weighted by Crippen LogP contribution is -2.58. The molecule has 5 atom stereocenters. The molecule has 1 aliphatic heterocycles. The molecule has 2 aromatic rings. The molecule has 0 unspecified atom stereocenters. The zero-order chi connectivity index (χ0) is 27.5. The SMILES string of the molecule is C[C@@H](O)[C@H](NC(=O)[C@H](Cc1c[nH]c2ccccc12)NC(=O)[C@@H]1C[C@@H](O)CN1C(=O)OC(C)(C)C)C(N)=O. The smallest absolute Gasteiger partial charge is 0.411 e. The molecule has 1 aromatic carbocycles. The van der Waals surface area contributed by atoms with Crippen LogP contribution in [-0.2, 0) is 25.5 Å². The summed E-state index contributed by atoms with van der Waals surface area (Å²) in [6.07, 6.45) is -1.26. The molecule has 0 spiro atoms. The predicted molar refractivity (Wildman–Crippen MR) is 134 cm³/mol. The van der Waals surface area contributed by atoms with Gasteiger partial charge in [0.1, 0.15) is 23.7 Å². The topological polar surface area (TPSA) is 187 Å². The van der Waals surface area contributed by atoms with Crippen molar-refractivity contribution in [1.82, 2.24) is 20.5 Å². The van der Waals surface area contributed by atoms with Gasteiger partial charge >= 0.3 is 6.09 Å². The van der Waals surface area contributed by atoms with Gasteiger partial charge in [0.15, 0.2) is 0 Å². The normalized spacial score (nSPS) is 20.2. The van der Waals surface area contributed by atoms with E-state index in [0.29, 0.717) is 0 Å². The molecule has 7 N–H and O–H groups in total. The molecule has 1 saturated heterocycles. The van der Waals surface area contributed by atoms with Gasteiger partial charge in [-0.3, -0.25) is 19.3 Å². The number of likely N-dealkylation sites (tertiary alicyclic amines) is 1. The fraction of sp³-hybridized carbons (Fsp3) is 0.520. The number of H-pyrrole nitrogens is 1. The highest BCUT2D eigenvalue weighted by molar-refractivity contribution is 5.94. The van der Waals surface area contributed by atoms with E-state index in [4.69, 9.17) is 10.5 Å². The zero-order valence-electron chi connectivity index (χ0n) is 21.4. The van der Waals surface area contributed by atoms with Crippen molar-refractivity contribution in [3.63, 3.8) is 0 Å². The van der Waals surface area contributed by atoms with Crippen molar-refractivity contribution >= 4 is 34.7 Å². The number of benzene rings is 1. The largest absolute Gasteiger partial charge is 0.444 e. The number of aromatic nitrogens is 1. The number of aromatic amines is 1. The van der Waals surface area contributed by atoms with Crippen LogP contribution in [0.25, 0.3) is 10.9 Å². The van der Waals surface area contributed by atoms with Crippen LogP contribution in [0.4, 0.5) is 4.79 Å². The van der Waals surface area contributed by atoms with Crippen LogP contribution in [-0.4, -0.2) is 86.4 Å². The van der Waals surface area contributed by atoms with Crippen LogP contribution in [0.1, 0.15) is 39.7 Å². The van der Waals surface area contributed by atoms with Gasteiger partial charge in [-0.1, -0.05) is 18.2 Å². The summed E-state index contributed by atoms with van der Waals surface area (Å²) in [5, 5.41) is 26.0. The van der Waals surface area contributed by atoms with E-state index in [2.05, 4.69) is 15.6 Å². The van der Waals surface area contributed by atoms with Gasteiger partial charge in [-0.15, -0.1) is 0 Å². The average molecular weight is 518 g/mol. The molecular weight excluding hydrogens is 482 g/mol. The van der Waals surface area contributed by atoms with Crippen LogP contribution in [0.2, 0.25) is 0 Å². The van der Waals surface area contributed by atoms with E-state index in [1.807, 2.05) is 24.3 Å². The van der Waals surface area contributed by atoms with E-state index in [0.717, 1.165) is 21.4 Å². The summed E-state index contributed by atoms with van der Waals surface area (Å²) in [6.45, 7) is 6.27. The Kier molecular flexibility index (Phi) is 8.44. The number of aliphatic hydroxyl groups excluding tert-OH is 2. The maximum absolute atomic E-state index is 13.3. The monoisotopic (exact) mass is 517 g/mol. The van der Waals surface area contributed by atoms with Crippen LogP contribution in [0, 0.1) is 0 Å². The second-order valence-electron chi connectivity index (χ2n) is 10.3. The third-order valence-electron chi connectivity index (χ3n) is 6.03. The number of ether oxygens (including phenoxy) is 1. The number of para-hydroxylation sites is 1. The van der Waals surface area contributed by atoms with Gasteiger partial charge in [0.25, 0.3) is 0 Å². The van der Waals surface area contributed by atoms with Crippen LogP contribution in [0.5, 0.6) is 0 Å². The minimum absolute atomic E-state index is 0.0363. The zero-order valence-corrected chi connectivity index (χ0v) is 21.4. The fourth-order valence-corrected chi connectivity index (χ4v) is 4.27. The molecule has 4 amide bonds. The number of amides is 4. The molecule has 12 heteroatoms. The molecule has 1 fully saturated rings. The number of primary amides is 1. The maximum Gasteiger partial charge on any atom is 0.411 e. The van der Waals surface area contributed by atoms with Crippen molar-refractivity contribution in [3.05, 3.63) is 36.0 Å². The summed E-state index contributed by atoms with van der Waals surface area (Å²) in [5.41, 5.74) is 6.06. The van der Waals surface area contributed by atoms with Crippen molar-refractivity contribution in [2.45, 2.75) is 76.5 Å².